The first-order chi connectivity index (χ1) is 10.8. The second-order valence-corrected chi connectivity index (χ2v) is 6.36. The zero-order valence-electron chi connectivity index (χ0n) is 13.0. The summed E-state index contributed by atoms with van der Waals surface area (Å²) in [6, 6.07) is 7.47. The molecule has 3 nitrogen and oxygen atoms in total. The van der Waals surface area contributed by atoms with Crippen LogP contribution in [-0.4, -0.2) is 12.5 Å². The highest BCUT2D eigenvalue weighted by atomic mass is 35.5. The molecule has 0 bridgehead atoms. The van der Waals surface area contributed by atoms with Gasteiger partial charge in [0.2, 0.25) is 0 Å². The van der Waals surface area contributed by atoms with Crippen LogP contribution in [0.1, 0.15) is 16.7 Å². The normalized spacial score (nSPS) is 10.5. The number of nitrogens with one attached hydrogen (secondary N) is 1. The Hall–Kier alpha value is -1.42. The molecule has 0 radical (unpaired) electrons. The third kappa shape index (κ3) is 4.11. The number of hydrogen-bond acceptors (Lipinski definition) is 2. The van der Waals surface area contributed by atoms with E-state index in [9.17, 15) is 4.79 Å². The lowest BCUT2D eigenvalue weighted by atomic mass is 10.1. The molecule has 122 valence electrons. The monoisotopic (exact) mass is 371 g/mol. The van der Waals surface area contributed by atoms with Gasteiger partial charge in [0.25, 0.3) is 5.91 Å². The summed E-state index contributed by atoms with van der Waals surface area (Å²) in [4.78, 5) is 12.0. The molecule has 0 unspecified atom stereocenters. The summed E-state index contributed by atoms with van der Waals surface area (Å²) in [5.74, 6) is -0.0296. The first-order valence-electron chi connectivity index (χ1n) is 6.94. The van der Waals surface area contributed by atoms with Crippen LogP contribution >= 0.6 is 34.8 Å². The maximum atomic E-state index is 12.0. The molecule has 0 saturated carbocycles. The van der Waals surface area contributed by atoms with Crippen LogP contribution in [0.15, 0.2) is 24.3 Å². The van der Waals surface area contributed by atoms with Gasteiger partial charge in [-0.25, -0.2) is 0 Å². The van der Waals surface area contributed by atoms with Crippen molar-refractivity contribution in [3.63, 3.8) is 0 Å². The topological polar surface area (TPSA) is 38.3 Å². The fourth-order valence-corrected chi connectivity index (χ4v) is 2.83. The third-order valence-corrected chi connectivity index (χ3v) is 4.88. The smallest absolute Gasteiger partial charge is 0.262 e. The minimum absolute atomic E-state index is 0.201. The molecule has 0 saturated heterocycles. The van der Waals surface area contributed by atoms with E-state index in [2.05, 4.69) is 5.32 Å². The largest absolute Gasteiger partial charge is 0.481 e. The number of anilines is 1. The van der Waals surface area contributed by atoms with E-state index in [1.165, 1.54) is 0 Å². The Labute approximate surface area is 150 Å². The minimum Gasteiger partial charge on any atom is -0.481 e. The fourth-order valence-electron chi connectivity index (χ4n) is 2.01. The minimum atomic E-state index is -0.300. The van der Waals surface area contributed by atoms with Crippen LogP contribution in [0.25, 0.3) is 0 Å². The van der Waals surface area contributed by atoms with Crippen molar-refractivity contribution in [3.8, 4) is 5.75 Å². The number of halogens is 3. The first kappa shape index (κ1) is 17.9. The fraction of sp³-hybridized carbons (Fsp3) is 0.235. The lowest BCUT2D eigenvalue weighted by Crippen LogP contribution is -2.20. The number of benzene rings is 2. The highest BCUT2D eigenvalue weighted by molar-refractivity contribution is 6.42. The van der Waals surface area contributed by atoms with Crippen molar-refractivity contribution in [3.05, 3.63) is 56.0 Å². The lowest BCUT2D eigenvalue weighted by molar-refractivity contribution is -0.118. The van der Waals surface area contributed by atoms with E-state index in [0.717, 1.165) is 5.56 Å². The Kier molecular flexibility index (Phi) is 5.79. The number of ether oxygens (including phenoxy) is 1. The van der Waals surface area contributed by atoms with E-state index in [-0.39, 0.29) is 18.3 Å². The summed E-state index contributed by atoms with van der Waals surface area (Å²) in [6.45, 7) is 5.32. The molecule has 0 aliphatic heterocycles. The van der Waals surface area contributed by atoms with E-state index in [4.69, 9.17) is 39.5 Å². The first-order valence-corrected chi connectivity index (χ1v) is 8.07. The molecule has 2 rings (SSSR count). The van der Waals surface area contributed by atoms with Crippen molar-refractivity contribution in [1.29, 1.82) is 0 Å². The molecule has 1 N–H and O–H groups in total. The maximum absolute atomic E-state index is 12.0. The Morgan fingerprint density at radius 2 is 1.48 bits per heavy atom. The Morgan fingerprint density at radius 3 is 2.00 bits per heavy atom. The van der Waals surface area contributed by atoms with Gasteiger partial charge in [-0.15, -0.1) is 0 Å². The molecule has 0 aliphatic rings. The van der Waals surface area contributed by atoms with E-state index in [1.54, 1.807) is 13.8 Å². The van der Waals surface area contributed by atoms with Gasteiger partial charge in [0.15, 0.2) is 12.4 Å². The van der Waals surface area contributed by atoms with Crippen molar-refractivity contribution >= 4 is 46.4 Å². The molecular formula is C17H16Cl3NO2. The van der Waals surface area contributed by atoms with Gasteiger partial charge in [-0.05, 0) is 44.0 Å². The van der Waals surface area contributed by atoms with Crippen molar-refractivity contribution in [2.24, 2.45) is 0 Å². The van der Waals surface area contributed by atoms with Gasteiger partial charge in [-0.1, -0.05) is 52.5 Å². The van der Waals surface area contributed by atoms with E-state index >= 15 is 0 Å². The molecular weight excluding hydrogens is 357 g/mol. The highest BCUT2D eigenvalue weighted by Gasteiger charge is 2.18. The summed E-state index contributed by atoms with van der Waals surface area (Å²) >= 11 is 18.6. The maximum Gasteiger partial charge on any atom is 0.262 e. The van der Waals surface area contributed by atoms with E-state index < -0.39 is 0 Å². The van der Waals surface area contributed by atoms with Gasteiger partial charge >= 0.3 is 0 Å². The van der Waals surface area contributed by atoms with Crippen LogP contribution < -0.4 is 10.1 Å². The zero-order valence-corrected chi connectivity index (χ0v) is 15.2. The average Bonchev–Trinajstić information content (AvgIpc) is 2.53. The summed E-state index contributed by atoms with van der Waals surface area (Å²) in [7, 11) is 0. The predicted molar refractivity (Wildman–Crippen MR) is 96.2 cm³/mol. The molecule has 0 fully saturated rings. The number of aryl methyl sites for hydroxylation is 1. The SMILES string of the molecule is Cc1ccc(NC(=O)COc2c(Cl)c(C)c(Cl)c(C)c2Cl)cc1. The molecule has 23 heavy (non-hydrogen) atoms. The summed E-state index contributed by atoms with van der Waals surface area (Å²) < 4.78 is 5.51. The van der Waals surface area contributed by atoms with Crippen LogP contribution in [-0.2, 0) is 4.79 Å². The molecule has 0 aromatic heterocycles. The van der Waals surface area contributed by atoms with Gasteiger partial charge in [0.05, 0.1) is 10.0 Å². The molecule has 0 aliphatic carbocycles. The van der Waals surface area contributed by atoms with E-state index in [0.29, 0.717) is 31.9 Å². The molecule has 0 heterocycles. The van der Waals surface area contributed by atoms with Gasteiger partial charge in [-0.2, -0.15) is 0 Å². The average molecular weight is 373 g/mol. The second-order valence-electron chi connectivity index (χ2n) is 5.22. The van der Waals surface area contributed by atoms with Crippen LogP contribution in [0.2, 0.25) is 15.1 Å². The quantitative estimate of drug-likeness (QED) is 0.759. The van der Waals surface area contributed by atoms with Crippen molar-refractivity contribution in [2.75, 3.05) is 11.9 Å². The molecule has 2 aromatic rings. The summed E-state index contributed by atoms with van der Waals surface area (Å²) in [5.41, 5.74) is 3.16. The number of amides is 1. The Morgan fingerprint density at radius 1 is 0.957 bits per heavy atom. The Balaban J connectivity index is 2.09. The van der Waals surface area contributed by atoms with Gasteiger partial charge in [0.1, 0.15) is 0 Å². The third-order valence-electron chi connectivity index (χ3n) is 3.40. The van der Waals surface area contributed by atoms with Crippen molar-refractivity contribution in [1.82, 2.24) is 0 Å². The second kappa shape index (κ2) is 7.43. The summed E-state index contributed by atoms with van der Waals surface area (Å²) in [5, 5.41) is 3.87. The van der Waals surface area contributed by atoms with Crippen molar-refractivity contribution in [2.45, 2.75) is 20.8 Å². The molecule has 1 amide bonds. The highest BCUT2D eigenvalue weighted by Crippen LogP contribution is 2.42. The number of rotatable bonds is 4. The molecule has 0 spiro atoms. The number of carbonyl (C=O) groups is 1. The van der Waals surface area contributed by atoms with Crippen LogP contribution in [0.3, 0.4) is 0 Å². The number of hydrogen-bond donors (Lipinski definition) is 1. The van der Waals surface area contributed by atoms with Gasteiger partial charge < -0.3 is 10.1 Å². The van der Waals surface area contributed by atoms with E-state index in [1.807, 2.05) is 31.2 Å². The molecule has 6 heteroatoms. The summed E-state index contributed by atoms with van der Waals surface area (Å²) in [6.07, 6.45) is 0. The molecule has 2 aromatic carbocycles. The van der Waals surface area contributed by atoms with Crippen molar-refractivity contribution < 1.29 is 9.53 Å². The van der Waals surface area contributed by atoms with Gasteiger partial charge in [0, 0.05) is 10.7 Å². The predicted octanol–water partition coefficient (Wildman–Crippen LogP) is 5.59. The van der Waals surface area contributed by atoms with Gasteiger partial charge in [-0.3, -0.25) is 4.79 Å². The lowest BCUT2D eigenvalue weighted by Gasteiger charge is -2.15. The standard InChI is InChI=1S/C17H16Cl3NO2/c1-9-4-6-12(7-5-9)21-13(22)8-23-17-15(19)10(2)14(18)11(3)16(17)20/h4-7H,8H2,1-3H3,(H,21,22). The molecule has 0 atom stereocenters. The zero-order chi connectivity index (χ0) is 17.1. The van der Waals surface area contributed by atoms with Crippen LogP contribution in [0.4, 0.5) is 5.69 Å². The Bertz CT molecular complexity index is 713. The number of carbonyl (C=O) groups excluding carboxylic acids is 1. The van der Waals surface area contributed by atoms with Crippen LogP contribution in [0.5, 0.6) is 5.75 Å². The van der Waals surface area contributed by atoms with Crippen LogP contribution in [0, 0.1) is 20.8 Å².